The number of carbonyl (C=O) groups excluding carboxylic acids is 1. The minimum absolute atomic E-state index is 0.0774. The van der Waals surface area contributed by atoms with Crippen LogP contribution in [-0.2, 0) is 18.3 Å². The molecule has 0 atom stereocenters. The largest absolute Gasteiger partial charge is 0.325 e. The minimum atomic E-state index is -0.0774. The summed E-state index contributed by atoms with van der Waals surface area (Å²) in [6.07, 6.45) is 4.23. The number of amides is 1. The molecule has 0 aliphatic carbocycles. The Hall–Kier alpha value is -3.45. The quantitative estimate of drug-likeness (QED) is 0.458. The van der Waals surface area contributed by atoms with Gasteiger partial charge in [0, 0.05) is 30.7 Å². The van der Waals surface area contributed by atoms with Crippen LogP contribution in [0.2, 0.25) is 0 Å². The van der Waals surface area contributed by atoms with Crippen LogP contribution in [0.3, 0.4) is 0 Å². The number of nitrogens with one attached hydrogen (secondary N) is 1. The maximum atomic E-state index is 12.6. The summed E-state index contributed by atoms with van der Waals surface area (Å²) >= 11 is 1.36. The summed E-state index contributed by atoms with van der Waals surface area (Å²) in [5, 5.41) is 12.2. The van der Waals surface area contributed by atoms with E-state index in [0.717, 1.165) is 29.1 Å². The number of para-hydroxylation sites is 1. The topological polar surface area (TPSA) is 72.7 Å². The fourth-order valence-electron chi connectivity index (χ4n) is 3.12. The summed E-state index contributed by atoms with van der Waals surface area (Å²) in [5.74, 6) is 0.893. The molecule has 2 aromatic carbocycles. The second-order valence-electron chi connectivity index (χ2n) is 6.76. The molecule has 0 bridgehead atoms. The van der Waals surface area contributed by atoms with Gasteiger partial charge in [0.2, 0.25) is 5.91 Å². The lowest BCUT2D eigenvalue weighted by atomic mass is 10.0. The molecule has 0 saturated heterocycles. The van der Waals surface area contributed by atoms with E-state index in [1.54, 1.807) is 12.4 Å². The van der Waals surface area contributed by atoms with Crippen LogP contribution in [0.1, 0.15) is 11.1 Å². The van der Waals surface area contributed by atoms with Gasteiger partial charge in [-0.3, -0.25) is 9.78 Å². The molecule has 30 heavy (non-hydrogen) atoms. The Labute approximate surface area is 179 Å². The Balaban J connectivity index is 1.40. The van der Waals surface area contributed by atoms with Gasteiger partial charge >= 0.3 is 0 Å². The van der Waals surface area contributed by atoms with E-state index < -0.39 is 0 Å². The van der Waals surface area contributed by atoms with E-state index in [4.69, 9.17) is 0 Å². The van der Waals surface area contributed by atoms with Gasteiger partial charge in [0.05, 0.1) is 5.75 Å². The number of hydrogen-bond acceptors (Lipinski definition) is 5. The predicted molar refractivity (Wildman–Crippen MR) is 119 cm³/mol. The highest BCUT2D eigenvalue weighted by Gasteiger charge is 2.14. The number of hydrogen-bond donors (Lipinski definition) is 1. The van der Waals surface area contributed by atoms with Crippen molar-refractivity contribution in [2.45, 2.75) is 11.6 Å². The van der Waals surface area contributed by atoms with Gasteiger partial charge in [-0.15, -0.1) is 10.2 Å². The van der Waals surface area contributed by atoms with Crippen LogP contribution in [0, 0.1) is 0 Å². The lowest BCUT2D eigenvalue weighted by molar-refractivity contribution is -0.113. The fraction of sp³-hybridized carbons (Fsp3) is 0.130. The van der Waals surface area contributed by atoms with E-state index in [1.165, 1.54) is 17.3 Å². The molecule has 1 amide bonds. The standard InChI is InChI=1S/C23H21N5OS/c1-28-22(19-11-7-13-24-15-19)26-27-23(28)30-16-21(29)25-20-12-6-5-10-18(20)14-17-8-3-2-4-9-17/h2-13,15H,14,16H2,1H3,(H,25,29). The molecule has 0 aliphatic rings. The summed E-state index contributed by atoms with van der Waals surface area (Å²) in [6, 6.07) is 21.9. The van der Waals surface area contributed by atoms with Crippen LogP contribution >= 0.6 is 11.8 Å². The predicted octanol–water partition coefficient (Wildman–Crippen LogP) is 4.20. The molecule has 4 aromatic rings. The number of pyridine rings is 1. The van der Waals surface area contributed by atoms with E-state index in [9.17, 15) is 4.79 Å². The molecule has 150 valence electrons. The third-order valence-corrected chi connectivity index (χ3v) is 5.64. The van der Waals surface area contributed by atoms with Crippen molar-refractivity contribution in [3.8, 4) is 11.4 Å². The number of rotatable bonds is 7. The molecule has 0 radical (unpaired) electrons. The number of benzene rings is 2. The maximum absolute atomic E-state index is 12.6. The van der Waals surface area contributed by atoms with Crippen LogP contribution in [0.4, 0.5) is 5.69 Å². The van der Waals surface area contributed by atoms with Gasteiger partial charge in [-0.1, -0.05) is 60.3 Å². The summed E-state index contributed by atoms with van der Waals surface area (Å²) < 4.78 is 1.87. The minimum Gasteiger partial charge on any atom is -0.325 e. The average molecular weight is 416 g/mol. The lowest BCUT2D eigenvalue weighted by Crippen LogP contribution is -2.15. The first kappa shape index (κ1) is 19.8. The van der Waals surface area contributed by atoms with Crippen molar-refractivity contribution in [2.75, 3.05) is 11.1 Å². The van der Waals surface area contributed by atoms with Crippen molar-refractivity contribution in [3.05, 3.63) is 90.3 Å². The Kier molecular flexibility index (Phi) is 6.20. The van der Waals surface area contributed by atoms with Crippen LogP contribution in [0.25, 0.3) is 11.4 Å². The van der Waals surface area contributed by atoms with Crippen molar-refractivity contribution in [2.24, 2.45) is 7.05 Å². The van der Waals surface area contributed by atoms with Crippen LogP contribution in [0.5, 0.6) is 0 Å². The smallest absolute Gasteiger partial charge is 0.234 e. The molecule has 4 rings (SSSR count). The molecular formula is C23H21N5OS. The summed E-state index contributed by atoms with van der Waals surface area (Å²) in [6.45, 7) is 0. The van der Waals surface area contributed by atoms with Crippen molar-refractivity contribution in [1.82, 2.24) is 19.7 Å². The Bertz CT molecular complexity index is 1130. The number of nitrogens with zero attached hydrogens (tertiary/aromatic N) is 4. The zero-order chi connectivity index (χ0) is 20.8. The Morgan fingerprint density at radius 3 is 2.60 bits per heavy atom. The molecule has 6 nitrogen and oxygen atoms in total. The lowest BCUT2D eigenvalue weighted by Gasteiger charge is -2.11. The van der Waals surface area contributed by atoms with E-state index in [1.807, 2.05) is 66.2 Å². The molecule has 0 aliphatic heterocycles. The number of anilines is 1. The average Bonchev–Trinajstić information content (AvgIpc) is 3.15. The van der Waals surface area contributed by atoms with E-state index in [-0.39, 0.29) is 11.7 Å². The van der Waals surface area contributed by atoms with Gasteiger partial charge < -0.3 is 9.88 Å². The zero-order valence-corrected chi connectivity index (χ0v) is 17.3. The van der Waals surface area contributed by atoms with Gasteiger partial charge in [-0.25, -0.2) is 0 Å². The highest BCUT2D eigenvalue weighted by atomic mass is 32.2. The van der Waals surface area contributed by atoms with E-state index in [0.29, 0.717) is 5.16 Å². The van der Waals surface area contributed by atoms with Gasteiger partial charge in [0.1, 0.15) is 0 Å². The van der Waals surface area contributed by atoms with Crippen LogP contribution < -0.4 is 5.32 Å². The molecule has 2 heterocycles. The molecule has 0 unspecified atom stereocenters. The van der Waals surface area contributed by atoms with Crippen LogP contribution in [0.15, 0.2) is 84.3 Å². The molecule has 1 N–H and O–H groups in total. The molecule has 0 spiro atoms. The number of aromatic nitrogens is 4. The van der Waals surface area contributed by atoms with Gasteiger partial charge in [0.25, 0.3) is 0 Å². The van der Waals surface area contributed by atoms with Crippen molar-refractivity contribution in [1.29, 1.82) is 0 Å². The third kappa shape index (κ3) is 4.75. The Morgan fingerprint density at radius 2 is 1.80 bits per heavy atom. The fourth-order valence-corrected chi connectivity index (χ4v) is 3.83. The third-order valence-electron chi connectivity index (χ3n) is 4.62. The first-order valence-corrected chi connectivity index (χ1v) is 10.5. The highest BCUT2D eigenvalue weighted by molar-refractivity contribution is 7.99. The van der Waals surface area contributed by atoms with Crippen molar-refractivity contribution in [3.63, 3.8) is 0 Å². The highest BCUT2D eigenvalue weighted by Crippen LogP contribution is 2.23. The number of carbonyl (C=O) groups is 1. The molecule has 0 saturated carbocycles. The molecular weight excluding hydrogens is 394 g/mol. The van der Waals surface area contributed by atoms with Crippen molar-refractivity contribution >= 4 is 23.4 Å². The number of thioether (sulfide) groups is 1. The zero-order valence-electron chi connectivity index (χ0n) is 16.5. The van der Waals surface area contributed by atoms with E-state index in [2.05, 4.69) is 32.6 Å². The molecule has 2 aromatic heterocycles. The second kappa shape index (κ2) is 9.37. The molecule has 0 fully saturated rings. The Morgan fingerprint density at radius 1 is 1.00 bits per heavy atom. The summed E-state index contributed by atoms with van der Waals surface area (Å²) in [5.41, 5.74) is 4.01. The first-order chi connectivity index (χ1) is 14.7. The summed E-state index contributed by atoms with van der Waals surface area (Å²) in [7, 11) is 1.89. The van der Waals surface area contributed by atoms with Gasteiger partial charge in [-0.05, 0) is 35.7 Å². The first-order valence-electron chi connectivity index (χ1n) is 9.55. The molecule has 7 heteroatoms. The van der Waals surface area contributed by atoms with Gasteiger partial charge in [0.15, 0.2) is 11.0 Å². The normalized spacial score (nSPS) is 10.7. The second-order valence-corrected chi connectivity index (χ2v) is 7.71. The monoisotopic (exact) mass is 415 g/mol. The van der Waals surface area contributed by atoms with Gasteiger partial charge in [-0.2, -0.15) is 0 Å². The van der Waals surface area contributed by atoms with E-state index >= 15 is 0 Å². The van der Waals surface area contributed by atoms with Crippen LogP contribution in [-0.4, -0.2) is 31.4 Å². The SMILES string of the molecule is Cn1c(SCC(=O)Nc2ccccc2Cc2ccccc2)nnc1-c1cccnc1. The maximum Gasteiger partial charge on any atom is 0.234 e. The van der Waals surface area contributed by atoms with Crippen molar-refractivity contribution < 1.29 is 4.79 Å². The summed E-state index contributed by atoms with van der Waals surface area (Å²) in [4.78, 5) is 16.7.